The minimum Gasteiger partial charge on any atom is -0.379 e. The van der Waals surface area contributed by atoms with Crippen molar-refractivity contribution in [1.29, 1.82) is 0 Å². The third-order valence-electron chi connectivity index (χ3n) is 6.18. The van der Waals surface area contributed by atoms with Gasteiger partial charge < -0.3 is 14.6 Å². The van der Waals surface area contributed by atoms with Gasteiger partial charge in [-0.3, -0.25) is 9.69 Å². The number of fused-ring (bicyclic) bond motifs is 1. The molecule has 3 heterocycles. The minimum absolute atomic E-state index is 0.165. The van der Waals surface area contributed by atoms with Gasteiger partial charge in [-0.2, -0.15) is 0 Å². The van der Waals surface area contributed by atoms with Gasteiger partial charge in [0.15, 0.2) is 0 Å². The molecule has 27 heavy (non-hydrogen) atoms. The van der Waals surface area contributed by atoms with Gasteiger partial charge in [0.05, 0.1) is 13.2 Å². The van der Waals surface area contributed by atoms with Crippen molar-refractivity contribution < 1.29 is 9.53 Å². The molecule has 0 spiro atoms. The van der Waals surface area contributed by atoms with Gasteiger partial charge >= 0.3 is 0 Å². The Hall–Kier alpha value is -1.85. The van der Waals surface area contributed by atoms with E-state index in [0.29, 0.717) is 6.04 Å². The van der Waals surface area contributed by atoms with E-state index in [0.717, 1.165) is 69.0 Å². The second-order valence-corrected chi connectivity index (χ2v) is 8.19. The number of hydrogen-bond donors (Lipinski definition) is 1. The number of ether oxygens (including phenoxy) is 1. The van der Waals surface area contributed by atoms with E-state index in [4.69, 9.17) is 4.74 Å². The smallest absolute Gasteiger partial charge is 0.270 e. The average Bonchev–Trinajstić information content (AvgIpc) is 3.00. The summed E-state index contributed by atoms with van der Waals surface area (Å²) in [5.41, 5.74) is 5.40. The van der Waals surface area contributed by atoms with E-state index in [1.54, 1.807) is 0 Å². The summed E-state index contributed by atoms with van der Waals surface area (Å²) in [5, 5.41) is 1.18. The molecular weight excluding hydrogens is 338 g/mol. The number of carbonyl (C=O) groups excluding carboxylic acids is 1. The molecule has 1 amide bonds. The van der Waals surface area contributed by atoms with E-state index in [1.807, 2.05) is 0 Å². The number of aromatic amines is 1. The largest absolute Gasteiger partial charge is 0.379 e. The first-order valence-electron chi connectivity index (χ1n) is 10.2. The number of benzene rings is 1. The molecule has 2 fully saturated rings. The normalized spacial score (nSPS) is 21.7. The van der Waals surface area contributed by atoms with Crippen LogP contribution in [0, 0.1) is 20.8 Å². The van der Waals surface area contributed by atoms with Gasteiger partial charge in [-0.1, -0.05) is 11.6 Å². The summed E-state index contributed by atoms with van der Waals surface area (Å²) in [7, 11) is 0. The maximum Gasteiger partial charge on any atom is 0.270 e. The first kappa shape index (κ1) is 18.5. The Morgan fingerprint density at radius 2 is 1.93 bits per heavy atom. The Labute approximate surface area is 161 Å². The van der Waals surface area contributed by atoms with E-state index < -0.39 is 0 Å². The summed E-state index contributed by atoms with van der Waals surface area (Å²) in [4.78, 5) is 21.5. The number of hydrogen-bond acceptors (Lipinski definition) is 3. The summed E-state index contributed by atoms with van der Waals surface area (Å²) in [6, 6.07) is 4.67. The molecule has 0 aliphatic carbocycles. The van der Waals surface area contributed by atoms with Crippen LogP contribution in [0.15, 0.2) is 12.1 Å². The van der Waals surface area contributed by atoms with Gasteiger partial charge in [0.1, 0.15) is 5.69 Å². The van der Waals surface area contributed by atoms with Crippen molar-refractivity contribution in [2.75, 3.05) is 39.4 Å². The molecule has 0 radical (unpaired) electrons. The third-order valence-corrected chi connectivity index (χ3v) is 6.18. The molecule has 0 bridgehead atoms. The van der Waals surface area contributed by atoms with E-state index in [9.17, 15) is 4.79 Å². The lowest BCUT2D eigenvalue weighted by Crippen LogP contribution is -2.51. The highest BCUT2D eigenvalue weighted by molar-refractivity contribution is 6.02. The number of aryl methyl sites for hydroxylation is 3. The molecule has 5 heteroatoms. The number of likely N-dealkylation sites (tertiary alicyclic amines) is 1. The Kier molecular flexibility index (Phi) is 5.24. The molecule has 1 atom stereocenters. The number of carbonyl (C=O) groups is 1. The maximum atomic E-state index is 13.5. The Balaban J connectivity index is 1.61. The summed E-state index contributed by atoms with van der Waals surface area (Å²) >= 11 is 0. The summed E-state index contributed by atoms with van der Waals surface area (Å²) < 4.78 is 5.48. The van der Waals surface area contributed by atoms with Crippen molar-refractivity contribution in [1.82, 2.24) is 14.8 Å². The lowest BCUT2D eigenvalue weighted by molar-refractivity contribution is 0.0164. The molecule has 146 valence electrons. The Morgan fingerprint density at radius 1 is 1.15 bits per heavy atom. The van der Waals surface area contributed by atoms with E-state index in [1.165, 1.54) is 22.9 Å². The summed E-state index contributed by atoms with van der Waals surface area (Å²) in [6.07, 6.45) is 3.41. The molecule has 4 rings (SSSR count). The molecule has 1 unspecified atom stereocenters. The van der Waals surface area contributed by atoms with Gasteiger partial charge in [0.25, 0.3) is 5.91 Å². The van der Waals surface area contributed by atoms with Crippen molar-refractivity contribution in [2.24, 2.45) is 0 Å². The number of piperidine rings is 1. The summed E-state index contributed by atoms with van der Waals surface area (Å²) in [6.45, 7) is 11.7. The molecular formula is C22H31N3O2. The zero-order chi connectivity index (χ0) is 19.0. The zero-order valence-electron chi connectivity index (χ0n) is 16.8. The molecule has 2 aliphatic rings. The molecule has 2 aliphatic heterocycles. The Bertz CT molecular complexity index is 836. The standard InChI is InChI=1S/C22H31N3O2/c1-15-12-16(2)20-19(13-15)17(3)21(23-20)22(26)25-7-5-4-6-18(25)14-24-8-10-27-11-9-24/h12-13,18,23H,4-11,14H2,1-3H3. The lowest BCUT2D eigenvalue weighted by atomic mass is 10.00. The predicted molar refractivity (Wildman–Crippen MR) is 108 cm³/mol. The van der Waals surface area contributed by atoms with Crippen molar-refractivity contribution in [3.05, 3.63) is 34.5 Å². The van der Waals surface area contributed by atoms with Crippen LogP contribution in [0.3, 0.4) is 0 Å². The molecule has 1 aromatic heterocycles. The van der Waals surface area contributed by atoms with Crippen LogP contribution in [0.1, 0.15) is 46.4 Å². The molecule has 1 N–H and O–H groups in total. The number of amides is 1. The minimum atomic E-state index is 0.165. The first-order valence-corrected chi connectivity index (χ1v) is 10.2. The fourth-order valence-electron chi connectivity index (χ4n) is 4.68. The van der Waals surface area contributed by atoms with Crippen LogP contribution in [0.2, 0.25) is 0 Å². The molecule has 2 saturated heterocycles. The average molecular weight is 370 g/mol. The van der Waals surface area contributed by atoms with E-state index in [-0.39, 0.29) is 5.91 Å². The number of nitrogens with zero attached hydrogens (tertiary/aromatic N) is 2. The van der Waals surface area contributed by atoms with E-state index >= 15 is 0 Å². The third kappa shape index (κ3) is 3.63. The van der Waals surface area contributed by atoms with Crippen LogP contribution in [-0.4, -0.2) is 66.1 Å². The quantitative estimate of drug-likeness (QED) is 0.902. The second-order valence-electron chi connectivity index (χ2n) is 8.19. The fraction of sp³-hybridized carbons (Fsp3) is 0.591. The van der Waals surface area contributed by atoms with Crippen LogP contribution in [0.25, 0.3) is 10.9 Å². The van der Waals surface area contributed by atoms with Crippen LogP contribution in [0.4, 0.5) is 0 Å². The van der Waals surface area contributed by atoms with Gasteiger partial charge in [0.2, 0.25) is 0 Å². The van der Waals surface area contributed by atoms with Crippen molar-refractivity contribution >= 4 is 16.8 Å². The molecule has 2 aromatic rings. The van der Waals surface area contributed by atoms with Crippen LogP contribution in [0.5, 0.6) is 0 Å². The highest BCUT2D eigenvalue weighted by atomic mass is 16.5. The van der Waals surface area contributed by atoms with Crippen LogP contribution in [-0.2, 0) is 4.74 Å². The molecule has 1 aromatic carbocycles. The first-order chi connectivity index (χ1) is 13.0. The number of H-pyrrole nitrogens is 1. The van der Waals surface area contributed by atoms with E-state index in [2.05, 4.69) is 47.7 Å². The van der Waals surface area contributed by atoms with Gasteiger partial charge in [-0.25, -0.2) is 0 Å². The lowest BCUT2D eigenvalue weighted by Gasteiger charge is -2.39. The van der Waals surface area contributed by atoms with Gasteiger partial charge in [-0.15, -0.1) is 0 Å². The van der Waals surface area contributed by atoms with Gasteiger partial charge in [0, 0.05) is 43.1 Å². The van der Waals surface area contributed by atoms with Crippen molar-refractivity contribution in [2.45, 2.75) is 46.1 Å². The maximum absolute atomic E-state index is 13.5. The fourth-order valence-corrected chi connectivity index (χ4v) is 4.68. The van der Waals surface area contributed by atoms with Crippen molar-refractivity contribution in [3.63, 3.8) is 0 Å². The second kappa shape index (κ2) is 7.64. The number of aromatic nitrogens is 1. The van der Waals surface area contributed by atoms with Crippen LogP contribution >= 0.6 is 0 Å². The van der Waals surface area contributed by atoms with Gasteiger partial charge in [-0.05, 0) is 57.2 Å². The summed E-state index contributed by atoms with van der Waals surface area (Å²) in [5.74, 6) is 0.165. The van der Waals surface area contributed by atoms with Crippen LogP contribution < -0.4 is 0 Å². The van der Waals surface area contributed by atoms with Crippen molar-refractivity contribution in [3.8, 4) is 0 Å². The molecule has 0 saturated carbocycles. The highest BCUT2D eigenvalue weighted by Crippen LogP contribution is 2.28. The predicted octanol–water partition coefficient (Wildman–Crippen LogP) is 3.42. The number of nitrogens with one attached hydrogen (secondary N) is 1. The zero-order valence-corrected chi connectivity index (χ0v) is 16.8. The highest BCUT2D eigenvalue weighted by Gasteiger charge is 2.31. The SMILES string of the molecule is Cc1cc(C)c2[nH]c(C(=O)N3CCCCC3CN3CCOCC3)c(C)c2c1. The Morgan fingerprint density at radius 3 is 2.70 bits per heavy atom. The molecule has 5 nitrogen and oxygen atoms in total. The number of rotatable bonds is 3. The monoisotopic (exact) mass is 369 g/mol. The number of morpholine rings is 1. The topological polar surface area (TPSA) is 48.6 Å².